The zero-order valence-corrected chi connectivity index (χ0v) is 14.5. The average molecular weight is 401 g/mol. The fraction of sp³-hybridized carbons (Fsp3) is 0.417. The van der Waals surface area contributed by atoms with Gasteiger partial charge in [-0.05, 0) is 31.9 Å². The van der Waals surface area contributed by atoms with E-state index in [2.05, 4.69) is 15.9 Å². The first kappa shape index (κ1) is 16.1. The largest absolute Gasteiger partial charge is 0.336 e. The van der Waals surface area contributed by atoms with Crippen LogP contribution in [0.1, 0.15) is 30.1 Å². The molecule has 8 heteroatoms. The molecule has 1 amide bonds. The molecule has 1 aliphatic heterocycles. The van der Waals surface area contributed by atoms with E-state index in [-0.39, 0.29) is 27.4 Å². The van der Waals surface area contributed by atoms with Crippen molar-refractivity contribution in [1.82, 2.24) is 4.90 Å². The Morgan fingerprint density at radius 1 is 1.45 bits per heavy atom. The fourth-order valence-electron chi connectivity index (χ4n) is 2.29. The lowest BCUT2D eigenvalue weighted by molar-refractivity contribution is 0.0747. The maximum Gasteiger partial charge on any atom is 0.262 e. The van der Waals surface area contributed by atoms with Crippen LogP contribution in [0.4, 0.5) is 0 Å². The first-order chi connectivity index (χ1) is 9.21. The van der Waals surface area contributed by atoms with Crippen molar-refractivity contribution in [1.29, 1.82) is 0 Å². The number of carbonyl (C=O) groups excluding carboxylic acids is 1. The summed E-state index contributed by atoms with van der Waals surface area (Å²) in [7, 11) is 1.33. The molecule has 1 aliphatic rings. The minimum absolute atomic E-state index is 0.119. The minimum atomic E-state index is -4.01. The van der Waals surface area contributed by atoms with Crippen molar-refractivity contribution >= 4 is 53.2 Å². The van der Waals surface area contributed by atoms with Gasteiger partial charge < -0.3 is 4.90 Å². The lowest BCUT2D eigenvalue weighted by atomic mass is 10.2. The molecule has 0 radical (unpaired) electrons. The minimum Gasteiger partial charge on any atom is -0.336 e. The highest BCUT2D eigenvalue weighted by Crippen LogP contribution is 2.33. The maximum atomic E-state index is 12.5. The molecule has 0 aromatic heterocycles. The average Bonchev–Trinajstić information content (AvgIpc) is 2.75. The number of hydrogen-bond acceptors (Lipinski definition) is 3. The van der Waals surface area contributed by atoms with Crippen molar-refractivity contribution in [3.8, 4) is 0 Å². The number of likely N-dealkylation sites (tertiary alicyclic amines) is 1. The van der Waals surface area contributed by atoms with Crippen molar-refractivity contribution in [3.63, 3.8) is 0 Å². The van der Waals surface area contributed by atoms with Gasteiger partial charge in [-0.1, -0.05) is 27.5 Å². The van der Waals surface area contributed by atoms with Gasteiger partial charge in [0.1, 0.15) is 4.90 Å². The Hall–Kier alpha value is -0.300. The molecule has 110 valence electrons. The van der Waals surface area contributed by atoms with Gasteiger partial charge in [0.25, 0.3) is 15.0 Å². The van der Waals surface area contributed by atoms with Crippen LogP contribution in [0.15, 0.2) is 21.5 Å². The zero-order chi connectivity index (χ0) is 15.1. The third kappa shape index (κ3) is 3.13. The van der Waals surface area contributed by atoms with E-state index in [1.807, 2.05) is 6.92 Å². The summed E-state index contributed by atoms with van der Waals surface area (Å²) < 4.78 is 23.4. The van der Waals surface area contributed by atoms with Crippen molar-refractivity contribution in [2.75, 3.05) is 6.54 Å². The van der Waals surface area contributed by atoms with Gasteiger partial charge in [0.2, 0.25) is 0 Å². The monoisotopic (exact) mass is 399 g/mol. The molecule has 1 unspecified atom stereocenters. The summed E-state index contributed by atoms with van der Waals surface area (Å²) in [6.45, 7) is 2.60. The highest BCUT2D eigenvalue weighted by atomic mass is 79.9. The van der Waals surface area contributed by atoms with E-state index in [1.165, 1.54) is 12.1 Å². The second kappa shape index (κ2) is 5.83. The summed E-state index contributed by atoms with van der Waals surface area (Å²) in [6, 6.07) is 2.92. The summed E-state index contributed by atoms with van der Waals surface area (Å²) in [6.07, 6.45) is 1.86. The Morgan fingerprint density at radius 3 is 2.60 bits per heavy atom. The van der Waals surface area contributed by atoms with Crippen LogP contribution in [-0.2, 0) is 9.05 Å². The first-order valence-electron chi connectivity index (χ1n) is 5.96. The molecule has 2 rings (SSSR count). The van der Waals surface area contributed by atoms with Gasteiger partial charge in [-0.3, -0.25) is 4.79 Å². The molecule has 1 saturated heterocycles. The van der Waals surface area contributed by atoms with Gasteiger partial charge >= 0.3 is 0 Å². The van der Waals surface area contributed by atoms with E-state index in [9.17, 15) is 13.2 Å². The van der Waals surface area contributed by atoms with Gasteiger partial charge in [0.15, 0.2) is 0 Å². The van der Waals surface area contributed by atoms with Crippen molar-refractivity contribution in [2.24, 2.45) is 0 Å². The zero-order valence-electron chi connectivity index (χ0n) is 10.6. The maximum absolute atomic E-state index is 12.5. The number of halogens is 3. The lowest BCUT2D eigenvalue weighted by Crippen LogP contribution is -2.33. The predicted octanol–water partition coefficient (Wildman–Crippen LogP) is 3.65. The normalized spacial score (nSPS) is 19.4. The number of amides is 1. The van der Waals surface area contributed by atoms with Crippen LogP contribution in [0.3, 0.4) is 0 Å². The van der Waals surface area contributed by atoms with Crippen LogP contribution in [0.25, 0.3) is 0 Å². The molecule has 0 N–H and O–H groups in total. The molecule has 1 aromatic rings. The van der Waals surface area contributed by atoms with E-state index in [0.717, 1.165) is 12.8 Å². The number of carbonyl (C=O) groups is 1. The molecular formula is C12H12BrCl2NO3S. The van der Waals surface area contributed by atoms with E-state index in [0.29, 0.717) is 11.0 Å². The number of nitrogens with zero attached hydrogens (tertiary/aromatic N) is 1. The smallest absolute Gasteiger partial charge is 0.262 e. The molecule has 1 heterocycles. The molecule has 0 spiro atoms. The summed E-state index contributed by atoms with van der Waals surface area (Å²) in [5.74, 6) is -0.275. The molecule has 1 aromatic carbocycles. The van der Waals surface area contributed by atoms with Gasteiger partial charge in [0.05, 0.1) is 10.6 Å². The summed E-state index contributed by atoms with van der Waals surface area (Å²) in [4.78, 5) is 13.9. The van der Waals surface area contributed by atoms with E-state index < -0.39 is 9.05 Å². The van der Waals surface area contributed by atoms with Crippen LogP contribution in [0, 0.1) is 0 Å². The van der Waals surface area contributed by atoms with E-state index in [4.69, 9.17) is 22.3 Å². The second-order valence-electron chi connectivity index (χ2n) is 4.69. The Labute approximate surface area is 135 Å². The van der Waals surface area contributed by atoms with Crippen molar-refractivity contribution < 1.29 is 13.2 Å². The molecule has 20 heavy (non-hydrogen) atoms. The van der Waals surface area contributed by atoms with Gasteiger partial charge in [0, 0.05) is 27.7 Å². The Balaban J connectivity index is 2.52. The van der Waals surface area contributed by atoms with Crippen molar-refractivity contribution in [2.45, 2.75) is 30.7 Å². The van der Waals surface area contributed by atoms with E-state index in [1.54, 1.807) is 4.90 Å². The summed E-state index contributed by atoms with van der Waals surface area (Å²) in [5.41, 5.74) is 0.147. The predicted molar refractivity (Wildman–Crippen MR) is 81.9 cm³/mol. The molecule has 4 nitrogen and oxygen atoms in total. The van der Waals surface area contributed by atoms with Crippen LogP contribution >= 0.6 is 38.2 Å². The fourth-order valence-corrected chi connectivity index (χ4v) is 4.47. The van der Waals surface area contributed by atoms with Crippen LogP contribution in [0.5, 0.6) is 0 Å². The Bertz CT molecular complexity index is 663. The Morgan fingerprint density at radius 2 is 2.10 bits per heavy atom. The number of benzene rings is 1. The number of rotatable bonds is 2. The first-order valence-corrected chi connectivity index (χ1v) is 9.44. The summed E-state index contributed by atoms with van der Waals surface area (Å²) in [5, 5.41) is -0.132. The number of hydrogen-bond donors (Lipinski definition) is 0. The van der Waals surface area contributed by atoms with Crippen LogP contribution in [0.2, 0.25) is 5.02 Å². The molecule has 0 aliphatic carbocycles. The van der Waals surface area contributed by atoms with Crippen LogP contribution in [-0.4, -0.2) is 31.8 Å². The van der Waals surface area contributed by atoms with Crippen molar-refractivity contribution in [3.05, 3.63) is 27.2 Å². The molecule has 0 bridgehead atoms. The van der Waals surface area contributed by atoms with Gasteiger partial charge in [-0.25, -0.2) is 8.42 Å². The SMILES string of the molecule is CC1CCCN1C(=O)c1cc(Br)cc(S(=O)(=O)Cl)c1Cl. The molecule has 1 fully saturated rings. The van der Waals surface area contributed by atoms with Gasteiger partial charge in [-0.15, -0.1) is 0 Å². The quantitative estimate of drug-likeness (QED) is 0.712. The Kier molecular flexibility index (Phi) is 4.69. The third-order valence-electron chi connectivity index (χ3n) is 3.31. The highest BCUT2D eigenvalue weighted by Gasteiger charge is 2.29. The van der Waals surface area contributed by atoms with Gasteiger partial charge in [-0.2, -0.15) is 0 Å². The van der Waals surface area contributed by atoms with E-state index >= 15 is 0 Å². The third-order valence-corrected chi connectivity index (χ3v) is 5.63. The standard InChI is InChI=1S/C12H12BrCl2NO3S/c1-7-3-2-4-16(7)12(17)9-5-8(13)6-10(11(9)14)20(15,18)19/h5-7H,2-4H2,1H3. The van der Waals surface area contributed by atoms with Crippen LogP contribution < -0.4 is 0 Å². The topological polar surface area (TPSA) is 54.5 Å². The molecular weight excluding hydrogens is 389 g/mol. The molecule has 1 atom stereocenters. The lowest BCUT2D eigenvalue weighted by Gasteiger charge is -2.22. The molecule has 0 saturated carbocycles. The summed E-state index contributed by atoms with van der Waals surface area (Å²) >= 11 is 9.23. The second-order valence-corrected chi connectivity index (χ2v) is 8.52. The highest BCUT2D eigenvalue weighted by molar-refractivity contribution is 9.10.